The Balaban J connectivity index is 1.15. The minimum absolute atomic E-state index is 0.685. The van der Waals surface area contributed by atoms with Gasteiger partial charge in [-0.3, -0.25) is 0 Å². The molecule has 0 atom stereocenters. The van der Waals surface area contributed by atoms with Crippen LogP contribution in [0.15, 0.2) is 121 Å². The van der Waals surface area contributed by atoms with Gasteiger partial charge in [-0.05, 0) is 184 Å². The molecule has 3 aromatic heterocycles. The van der Waals surface area contributed by atoms with E-state index in [1.54, 1.807) is 0 Å². The fourth-order valence-electron chi connectivity index (χ4n) is 11.5. The minimum Gasteiger partial charge on any atom is -0.494 e. The third-order valence-corrected chi connectivity index (χ3v) is 16.3. The minimum atomic E-state index is 0.685. The summed E-state index contributed by atoms with van der Waals surface area (Å²) >= 11 is 0. The second kappa shape index (κ2) is 30.5. The number of nitrogens with one attached hydrogen (secondary N) is 2. The lowest BCUT2D eigenvalue weighted by Crippen LogP contribution is -2.35. The zero-order valence-electron chi connectivity index (χ0n) is 54.3. The van der Waals surface area contributed by atoms with Gasteiger partial charge < -0.3 is 42.4 Å². The molecule has 9 rings (SSSR count). The van der Waals surface area contributed by atoms with Gasteiger partial charge in [-0.1, -0.05) is 87.6 Å². The Morgan fingerprint density at radius 3 is 0.759 bits per heavy atom. The summed E-state index contributed by atoms with van der Waals surface area (Å²) in [5.41, 5.74) is 15.2. The molecule has 0 spiro atoms. The van der Waals surface area contributed by atoms with Crippen LogP contribution < -0.4 is 18.9 Å². The fraction of sp³-hybridized carbons (Fsp3) is 0.421. The number of fused-ring (bicyclic) bond motifs is 8. The summed E-state index contributed by atoms with van der Waals surface area (Å²) in [5.74, 6) is 3.45. The first kappa shape index (κ1) is 64.0. The smallest absolute Gasteiger partial charge is 0.119 e. The predicted octanol–water partition coefficient (Wildman–Crippen LogP) is 17.8. The van der Waals surface area contributed by atoms with Gasteiger partial charge in [0.2, 0.25) is 0 Å². The van der Waals surface area contributed by atoms with E-state index >= 15 is 0 Å². The summed E-state index contributed by atoms with van der Waals surface area (Å²) in [6, 6.07) is 42.9. The van der Waals surface area contributed by atoms with E-state index in [0.29, 0.717) is 26.4 Å². The van der Waals surface area contributed by atoms with Crippen LogP contribution in [0.3, 0.4) is 0 Å². The quantitative estimate of drug-likeness (QED) is 0.0314. The maximum atomic E-state index is 6.35. The molecule has 0 fully saturated rings. The Labute approximate surface area is 520 Å². The maximum absolute atomic E-state index is 6.35. The summed E-state index contributed by atoms with van der Waals surface area (Å²) in [6.45, 7) is 8.49. The van der Waals surface area contributed by atoms with Crippen molar-refractivity contribution in [2.24, 2.45) is 0 Å². The number of quaternary nitrogens is 3. The van der Waals surface area contributed by atoms with E-state index in [9.17, 15) is 0 Å². The number of benzene rings is 4. The Morgan fingerprint density at radius 1 is 0.287 bits per heavy atom. The van der Waals surface area contributed by atoms with E-state index in [2.05, 4.69) is 226 Å². The molecule has 0 aliphatic carbocycles. The van der Waals surface area contributed by atoms with Crippen molar-refractivity contribution in [3.63, 3.8) is 0 Å². The molecule has 2 aliphatic rings. The Morgan fingerprint density at radius 2 is 0.517 bits per heavy atom. The van der Waals surface area contributed by atoms with Crippen LogP contribution in [-0.2, 0) is 0 Å². The summed E-state index contributed by atoms with van der Waals surface area (Å²) in [5, 5.41) is 0. The topological polar surface area (TPSA) is 94.3 Å². The van der Waals surface area contributed by atoms with Crippen molar-refractivity contribution in [2.45, 2.75) is 103 Å². The van der Waals surface area contributed by atoms with E-state index in [1.807, 2.05) is 0 Å². The average molecular weight is 1180 g/mol. The Hall–Kier alpha value is -7.44. The fourth-order valence-corrected chi connectivity index (χ4v) is 11.5. The van der Waals surface area contributed by atoms with E-state index in [1.165, 1.54) is 51.4 Å². The molecular weight excluding hydrogens is 1070 g/mol. The number of hydrogen-bond donors (Lipinski definition) is 2. The van der Waals surface area contributed by atoms with Gasteiger partial charge in [-0.25, -0.2) is 9.97 Å². The summed E-state index contributed by atoms with van der Waals surface area (Å²) < 4.78 is 28.3. The monoisotopic (exact) mass is 1170 g/mol. The average Bonchev–Trinajstić information content (AvgIpc) is 1.77. The van der Waals surface area contributed by atoms with Crippen molar-refractivity contribution < 1.29 is 32.4 Å². The molecule has 8 bridgehead atoms. The van der Waals surface area contributed by atoms with Crippen LogP contribution in [-0.4, -0.2) is 143 Å². The first-order valence-corrected chi connectivity index (χ1v) is 32.5. The van der Waals surface area contributed by atoms with E-state index in [-0.39, 0.29) is 0 Å². The van der Waals surface area contributed by atoms with Gasteiger partial charge in [0.1, 0.15) is 23.0 Å². The number of hydrogen-bond acceptors (Lipinski definition) is 6. The highest BCUT2D eigenvalue weighted by Crippen LogP contribution is 2.40. The summed E-state index contributed by atoms with van der Waals surface area (Å²) in [6.07, 6.45) is 26.0. The molecule has 0 radical (unpaired) electrons. The van der Waals surface area contributed by atoms with Crippen molar-refractivity contribution in [2.75, 3.05) is 109 Å². The van der Waals surface area contributed by atoms with Gasteiger partial charge in [0.25, 0.3) is 0 Å². The number of rotatable bonds is 33. The first-order chi connectivity index (χ1) is 42.0. The molecule has 0 amide bonds. The van der Waals surface area contributed by atoms with Crippen molar-refractivity contribution in [1.29, 1.82) is 0 Å². The molecule has 7 aromatic rings. The summed E-state index contributed by atoms with van der Waals surface area (Å²) in [7, 11) is 20.3. The Bertz CT molecular complexity index is 3470. The predicted molar refractivity (Wildman–Crippen MR) is 366 cm³/mol. The number of ether oxygens (including phenoxy) is 4. The molecule has 11 nitrogen and oxygen atoms in total. The standard InChI is InChI=1S/C76H100N7O4/c1-11-12-13-14-15-22-53-84-61-34-26-57(27-35-61)73-65-42-44-67(77-65)74(58-28-36-62(37-29-58)85-54-23-16-19-50-81(2,3)4)69-46-48-71(79-69)76(60-32-40-64(41-33-60)87-56-25-18-21-52-83(8,9)10)72-49-47-70(80-72)75(68-45-43-66(73)78-68)59-30-38-63(39-31-59)86-55-24-17-20-51-82(5,6)7/h26-49,77,80H,11-25,50-56H2,1-10H3/q+3. The zero-order valence-corrected chi connectivity index (χ0v) is 54.3. The number of unbranched alkanes of at least 4 members (excludes halogenated alkanes) is 11. The lowest BCUT2D eigenvalue weighted by Gasteiger charge is -2.23. The van der Waals surface area contributed by atoms with Crippen LogP contribution in [0.2, 0.25) is 0 Å². The normalized spacial score (nSPS) is 12.5. The highest BCUT2D eigenvalue weighted by atomic mass is 16.5. The SMILES string of the molecule is CCCCCCCCOc1ccc(-c2c3nc(c(-c4ccc(OCCCCC[N+](C)(C)C)cc4)c4ccc([nH]4)c(-c4ccc(OCCCCC[N+](C)(C)C)cc4)c4nc(c(-c5ccc(OCCCCC[N+](C)(C)C)cc5)c5ccc2[nH]5)C=C4)C=C3)cc1. The first-order valence-electron chi connectivity index (χ1n) is 32.5. The molecule has 11 heteroatoms. The number of H-pyrrole nitrogens is 2. The van der Waals surface area contributed by atoms with Gasteiger partial charge in [-0.2, -0.15) is 0 Å². The van der Waals surface area contributed by atoms with Gasteiger partial charge in [0.05, 0.1) is 132 Å². The third kappa shape index (κ3) is 19.0. The van der Waals surface area contributed by atoms with Crippen LogP contribution >= 0.6 is 0 Å². The number of aromatic amines is 2. The molecule has 4 aromatic carbocycles. The van der Waals surface area contributed by atoms with Gasteiger partial charge in [-0.15, -0.1) is 0 Å². The molecule has 2 aliphatic heterocycles. The van der Waals surface area contributed by atoms with Gasteiger partial charge in [0.15, 0.2) is 0 Å². The number of nitrogens with zero attached hydrogens (tertiary/aromatic N) is 5. The molecular formula is C76H100N7O4+3. The Kier molecular flexibility index (Phi) is 22.4. The van der Waals surface area contributed by atoms with E-state index in [4.69, 9.17) is 28.9 Å². The van der Waals surface area contributed by atoms with Crippen LogP contribution in [0.5, 0.6) is 23.0 Å². The molecule has 87 heavy (non-hydrogen) atoms. The van der Waals surface area contributed by atoms with Crippen LogP contribution in [0, 0.1) is 0 Å². The van der Waals surface area contributed by atoms with Gasteiger partial charge >= 0.3 is 0 Å². The molecule has 0 unspecified atom stereocenters. The third-order valence-electron chi connectivity index (χ3n) is 16.3. The lowest BCUT2D eigenvalue weighted by atomic mass is 10.0. The van der Waals surface area contributed by atoms with E-state index < -0.39 is 0 Å². The zero-order chi connectivity index (χ0) is 61.2. The van der Waals surface area contributed by atoms with E-state index in [0.717, 1.165) is 190 Å². The molecule has 460 valence electrons. The molecule has 2 N–H and O–H groups in total. The van der Waals surface area contributed by atoms with Crippen LogP contribution in [0.4, 0.5) is 0 Å². The largest absolute Gasteiger partial charge is 0.494 e. The second-order valence-electron chi connectivity index (χ2n) is 27.0. The highest BCUT2D eigenvalue weighted by molar-refractivity contribution is 6.00. The van der Waals surface area contributed by atoms with Gasteiger partial charge in [0, 0.05) is 44.3 Å². The molecule has 0 saturated carbocycles. The van der Waals surface area contributed by atoms with Crippen molar-refractivity contribution in [1.82, 2.24) is 19.9 Å². The van der Waals surface area contributed by atoms with Crippen LogP contribution in [0.25, 0.3) is 90.9 Å². The maximum Gasteiger partial charge on any atom is 0.119 e. The van der Waals surface area contributed by atoms with Crippen molar-refractivity contribution in [3.05, 3.63) is 144 Å². The van der Waals surface area contributed by atoms with Crippen molar-refractivity contribution >= 4 is 46.4 Å². The molecule has 0 saturated heterocycles. The number of aromatic nitrogens is 4. The highest BCUT2D eigenvalue weighted by Gasteiger charge is 2.20. The summed E-state index contributed by atoms with van der Waals surface area (Å²) in [4.78, 5) is 19.1. The molecule has 5 heterocycles. The lowest BCUT2D eigenvalue weighted by molar-refractivity contribution is -0.870. The second-order valence-corrected chi connectivity index (χ2v) is 27.0. The van der Waals surface area contributed by atoms with Crippen LogP contribution in [0.1, 0.15) is 126 Å². The van der Waals surface area contributed by atoms with Crippen molar-refractivity contribution in [3.8, 4) is 67.5 Å².